The van der Waals surface area contributed by atoms with Crippen molar-refractivity contribution in [2.24, 2.45) is 0 Å². The molecule has 2 rings (SSSR count). The summed E-state index contributed by atoms with van der Waals surface area (Å²) in [5.41, 5.74) is 1.99. The van der Waals surface area contributed by atoms with Gasteiger partial charge in [0.25, 0.3) is 11.8 Å². The molecule has 2 fully saturated rings. The van der Waals surface area contributed by atoms with E-state index in [0.717, 1.165) is 4.90 Å². The first-order chi connectivity index (χ1) is 11.5. The molecule has 0 aromatic carbocycles. The van der Waals surface area contributed by atoms with Crippen molar-refractivity contribution in [3.8, 4) is 0 Å². The van der Waals surface area contributed by atoms with Crippen molar-refractivity contribution in [1.29, 1.82) is 0 Å². The molecule has 2 bridgehead atoms. The summed E-state index contributed by atoms with van der Waals surface area (Å²) in [6, 6.07) is -4.93. The predicted molar refractivity (Wildman–Crippen MR) is 76.3 cm³/mol. The van der Waals surface area contributed by atoms with E-state index in [1.54, 1.807) is 14.0 Å². The third-order valence-corrected chi connectivity index (χ3v) is 4.24. The van der Waals surface area contributed by atoms with Crippen LogP contribution in [0.1, 0.15) is 13.3 Å². The number of likely N-dealkylation sites (N-methyl/N-ethyl adjacent to an activating group) is 1. The van der Waals surface area contributed by atoms with Crippen LogP contribution in [0.4, 0.5) is 13.6 Å². The minimum atomic E-state index is -5.18. The quantitative estimate of drug-likeness (QED) is 0.369. The van der Waals surface area contributed by atoms with Crippen LogP contribution in [-0.2, 0) is 24.3 Å². The predicted octanol–water partition coefficient (Wildman–Crippen LogP) is -1.11. The number of nitrogens with one attached hydrogen (secondary N) is 2. The fourth-order valence-electron chi connectivity index (χ4n) is 2.48. The highest BCUT2D eigenvalue weighted by molar-refractivity contribution is 7.80. The van der Waals surface area contributed by atoms with Crippen molar-refractivity contribution in [3.05, 3.63) is 0 Å². The Morgan fingerprint density at radius 1 is 1.52 bits per heavy atom. The van der Waals surface area contributed by atoms with Crippen molar-refractivity contribution in [3.63, 3.8) is 0 Å². The van der Waals surface area contributed by atoms with E-state index in [4.69, 9.17) is 9.39 Å². The van der Waals surface area contributed by atoms with Crippen molar-refractivity contribution in [2.75, 3.05) is 20.2 Å². The van der Waals surface area contributed by atoms with Gasteiger partial charge in [0.1, 0.15) is 12.1 Å². The van der Waals surface area contributed by atoms with Gasteiger partial charge >= 0.3 is 16.4 Å². The van der Waals surface area contributed by atoms with Gasteiger partial charge in [-0.1, -0.05) is 0 Å². The number of amides is 3. The first-order valence-electron chi connectivity index (χ1n) is 7.20. The highest BCUT2D eigenvalue weighted by atomic mass is 32.3. The summed E-state index contributed by atoms with van der Waals surface area (Å²) in [6.45, 7) is 1.16. The van der Waals surface area contributed by atoms with E-state index in [1.165, 1.54) is 0 Å². The lowest BCUT2D eigenvalue weighted by atomic mass is 9.96. The van der Waals surface area contributed by atoms with Crippen molar-refractivity contribution in [2.45, 2.75) is 37.4 Å². The molecule has 1 unspecified atom stereocenters. The smallest absolute Gasteiger partial charge is 0.315 e. The molecule has 0 saturated carbocycles. The van der Waals surface area contributed by atoms with Crippen LogP contribution in [-0.4, -0.2) is 79.1 Å². The first-order valence-corrected chi connectivity index (χ1v) is 8.56. The lowest BCUT2D eigenvalue weighted by molar-refractivity contribution is -0.159. The highest BCUT2D eigenvalue weighted by Crippen LogP contribution is 2.40. The van der Waals surface area contributed by atoms with Gasteiger partial charge in [0, 0.05) is 12.5 Å². The number of alkyl halides is 2. The Kier molecular flexibility index (Phi) is 5.48. The molecule has 3 amide bonds. The number of hydroxylamine groups is 3. The molecule has 144 valence electrons. The van der Waals surface area contributed by atoms with Gasteiger partial charge in [-0.3, -0.25) is 14.2 Å². The van der Waals surface area contributed by atoms with E-state index in [0.29, 0.717) is 0 Å². The van der Waals surface area contributed by atoms with Gasteiger partial charge in [0.15, 0.2) is 0 Å². The van der Waals surface area contributed by atoms with Crippen LogP contribution in [0.3, 0.4) is 0 Å². The standard InChI is InChI=1S/C11H18F2N4O7S/c1-6(14-2)5-23-15-9(18)7-3-11(12,13)8-4-16(7)10(19)17(8)24-25(20,21)22/h6-8,14H,3-5H2,1-2H3,(H,15,18)(H,20,21,22)/t6?,7-,8-/m0/s1. The molecule has 0 aromatic heterocycles. The number of halogens is 2. The number of carbonyl (C=O) groups excluding carboxylic acids is 2. The lowest BCUT2D eigenvalue weighted by Crippen LogP contribution is -2.56. The molecule has 0 radical (unpaired) electrons. The van der Waals surface area contributed by atoms with E-state index in [-0.39, 0.29) is 17.7 Å². The Morgan fingerprint density at radius 3 is 2.72 bits per heavy atom. The molecule has 0 aromatic rings. The molecule has 2 aliphatic heterocycles. The van der Waals surface area contributed by atoms with Crippen LogP contribution >= 0.6 is 0 Å². The second-order valence-electron chi connectivity index (χ2n) is 5.73. The average Bonchev–Trinajstić information content (AvgIpc) is 2.77. The number of piperidine rings is 1. The largest absolute Gasteiger partial charge is 0.418 e. The van der Waals surface area contributed by atoms with Crippen LogP contribution in [0.2, 0.25) is 0 Å². The molecule has 2 saturated heterocycles. The zero-order chi connectivity index (χ0) is 19.0. The Hall–Kier alpha value is -1.61. The molecular weight excluding hydrogens is 370 g/mol. The van der Waals surface area contributed by atoms with Gasteiger partial charge in [0.2, 0.25) is 0 Å². The monoisotopic (exact) mass is 388 g/mol. The Morgan fingerprint density at radius 2 is 2.16 bits per heavy atom. The SMILES string of the molecule is CNC(C)CONC(=O)[C@@H]1CC(F)(F)[C@@H]2CN1C(=O)N2OS(=O)(=O)O. The van der Waals surface area contributed by atoms with Crippen LogP contribution in [0, 0.1) is 0 Å². The van der Waals surface area contributed by atoms with Crippen LogP contribution in [0.5, 0.6) is 0 Å². The van der Waals surface area contributed by atoms with Gasteiger partial charge in [-0.05, 0) is 14.0 Å². The average molecular weight is 388 g/mol. The molecule has 0 aliphatic carbocycles. The van der Waals surface area contributed by atoms with E-state index in [2.05, 4.69) is 9.60 Å². The number of hydrogen-bond donors (Lipinski definition) is 3. The summed E-state index contributed by atoms with van der Waals surface area (Å²) in [7, 11) is -3.52. The Labute approximate surface area is 142 Å². The second kappa shape index (κ2) is 6.95. The molecule has 11 nitrogen and oxygen atoms in total. The maximum absolute atomic E-state index is 14.2. The summed E-state index contributed by atoms with van der Waals surface area (Å²) >= 11 is 0. The summed E-state index contributed by atoms with van der Waals surface area (Å²) < 4.78 is 62.5. The number of rotatable bonds is 7. The zero-order valence-electron chi connectivity index (χ0n) is 13.3. The summed E-state index contributed by atoms with van der Waals surface area (Å²) in [4.78, 5) is 29.8. The molecule has 2 aliphatic rings. The molecule has 14 heteroatoms. The number of fused-ring (bicyclic) bond motifs is 2. The van der Waals surface area contributed by atoms with Crippen LogP contribution < -0.4 is 10.8 Å². The highest BCUT2D eigenvalue weighted by Gasteiger charge is 2.62. The number of hydrogen-bond acceptors (Lipinski definition) is 7. The van der Waals surface area contributed by atoms with E-state index < -0.39 is 53.3 Å². The Bertz CT molecular complexity index is 646. The van der Waals surface area contributed by atoms with Crippen molar-refractivity contribution < 1.29 is 40.5 Å². The normalized spacial score (nSPS) is 26.7. The van der Waals surface area contributed by atoms with Gasteiger partial charge in [-0.15, -0.1) is 4.28 Å². The summed E-state index contributed by atoms with van der Waals surface area (Å²) in [5.74, 6) is -4.60. The van der Waals surface area contributed by atoms with Gasteiger partial charge in [-0.2, -0.15) is 13.5 Å². The summed E-state index contributed by atoms with van der Waals surface area (Å²) in [5, 5.41) is 2.70. The molecule has 3 N–H and O–H groups in total. The minimum Gasteiger partial charge on any atom is -0.315 e. The first kappa shape index (κ1) is 19.7. The third-order valence-electron chi connectivity index (χ3n) is 3.89. The van der Waals surface area contributed by atoms with Crippen molar-refractivity contribution >= 4 is 22.3 Å². The molecule has 25 heavy (non-hydrogen) atoms. The number of nitrogens with zero attached hydrogens (tertiary/aromatic N) is 2. The maximum atomic E-state index is 14.2. The molecule has 0 spiro atoms. The summed E-state index contributed by atoms with van der Waals surface area (Å²) in [6.07, 6.45) is -1.05. The topological polar surface area (TPSA) is 138 Å². The third kappa shape index (κ3) is 4.33. The minimum absolute atomic E-state index is 0.0555. The fourth-order valence-corrected chi connectivity index (χ4v) is 2.85. The van der Waals surface area contributed by atoms with Crippen LogP contribution in [0.15, 0.2) is 0 Å². The molecular formula is C11H18F2N4O7S. The molecule has 2 heterocycles. The fraction of sp³-hybridized carbons (Fsp3) is 0.818. The van der Waals surface area contributed by atoms with Crippen LogP contribution in [0.25, 0.3) is 0 Å². The maximum Gasteiger partial charge on any atom is 0.418 e. The molecule has 3 atom stereocenters. The van der Waals surface area contributed by atoms with E-state index in [1.807, 2.05) is 5.48 Å². The number of carbonyl (C=O) groups is 2. The Balaban J connectivity index is 2.10. The van der Waals surface area contributed by atoms with Gasteiger partial charge in [0.05, 0.1) is 13.2 Å². The van der Waals surface area contributed by atoms with Gasteiger partial charge < -0.3 is 10.2 Å². The van der Waals surface area contributed by atoms with E-state index >= 15 is 0 Å². The zero-order valence-corrected chi connectivity index (χ0v) is 14.1. The second-order valence-corrected chi connectivity index (χ2v) is 6.73. The number of urea groups is 1. The van der Waals surface area contributed by atoms with E-state index in [9.17, 15) is 26.8 Å². The van der Waals surface area contributed by atoms with Gasteiger partial charge in [-0.25, -0.2) is 19.1 Å². The lowest BCUT2D eigenvalue weighted by Gasteiger charge is -2.34. The van der Waals surface area contributed by atoms with Crippen molar-refractivity contribution in [1.82, 2.24) is 20.8 Å².